The lowest BCUT2D eigenvalue weighted by atomic mass is 9.91. The smallest absolute Gasteiger partial charge is 0.329 e. The molecule has 0 aromatic heterocycles. The van der Waals surface area contributed by atoms with E-state index in [0.717, 1.165) is 0 Å². The van der Waals surface area contributed by atoms with Crippen molar-refractivity contribution in [2.75, 3.05) is 23.0 Å². The monoisotopic (exact) mass is 382 g/mol. The number of aliphatic carboxylic acids is 1. The van der Waals surface area contributed by atoms with Crippen molar-refractivity contribution in [2.24, 2.45) is 5.92 Å². The highest BCUT2D eigenvalue weighted by molar-refractivity contribution is 7.99. The van der Waals surface area contributed by atoms with Crippen LogP contribution in [0.15, 0.2) is 24.3 Å². The summed E-state index contributed by atoms with van der Waals surface area (Å²) in [5.74, 6) is -0.653. The molecular weight excluding hydrogens is 364 g/mol. The molecule has 25 heavy (non-hydrogen) atoms. The van der Waals surface area contributed by atoms with Crippen molar-refractivity contribution in [3.63, 3.8) is 0 Å². The number of carbonyl (C=O) groups is 3. The molecule has 3 rings (SSSR count). The van der Waals surface area contributed by atoms with Crippen LogP contribution in [0.1, 0.15) is 19.3 Å². The lowest BCUT2D eigenvalue weighted by Gasteiger charge is -2.34. The summed E-state index contributed by atoms with van der Waals surface area (Å²) >= 11 is 7.55. The van der Waals surface area contributed by atoms with Crippen LogP contribution in [0.3, 0.4) is 0 Å². The normalized spacial score (nSPS) is 22.7. The van der Waals surface area contributed by atoms with E-state index in [2.05, 4.69) is 5.32 Å². The lowest BCUT2D eigenvalue weighted by molar-refractivity contribution is -0.148. The van der Waals surface area contributed by atoms with Crippen LogP contribution in [0.2, 0.25) is 5.02 Å². The number of amides is 2. The third kappa shape index (κ3) is 3.77. The fourth-order valence-electron chi connectivity index (χ4n) is 3.20. The average molecular weight is 383 g/mol. The molecule has 2 fully saturated rings. The van der Waals surface area contributed by atoms with E-state index < -0.39 is 17.4 Å². The van der Waals surface area contributed by atoms with Gasteiger partial charge in [0.25, 0.3) is 0 Å². The summed E-state index contributed by atoms with van der Waals surface area (Å²) in [5.41, 5.74) is -0.522. The topological polar surface area (TPSA) is 86.7 Å². The van der Waals surface area contributed by atoms with Gasteiger partial charge in [0.15, 0.2) is 0 Å². The maximum Gasteiger partial charge on any atom is 0.329 e. The summed E-state index contributed by atoms with van der Waals surface area (Å²) < 4.78 is 0. The van der Waals surface area contributed by atoms with Gasteiger partial charge in [0, 0.05) is 23.7 Å². The molecular formula is C17H19ClN2O4S. The van der Waals surface area contributed by atoms with Crippen molar-refractivity contribution < 1.29 is 19.5 Å². The second-order valence-corrected chi connectivity index (χ2v) is 8.03. The Morgan fingerprint density at radius 2 is 1.88 bits per heavy atom. The third-order valence-electron chi connectivity index (χ3n) is 4.75. The number of nitrogens with one attached hydrogen (secondary N) is 1. The quantitative estimate of drug-likeness (QED) is 0.833. The Labute approximate surface area is 154 Å². The summed E-state index contributed by atoms with van der Waals surface area (Å²) in [7, 11) is 0. The number of carboxylic acid groups (broad SMARTS) is 1. The molecule has 8 heteroatoms. The fourth-order valence-corrected chi connectivity index (χ4v) is 4.52. The molecule has 0 bridgehead atoms. The molecule has 134 valence electrons. The number of thioether (sulfide) groups is 1. The lowest BCUT2D eigenvalue weighted by Crippen LogP contribution is -2.58. The number of carboxylic acids is 1. The minimum Gasteiger partial charge on any atom is -0.480 e. The molecule has 0 aliphatic carbocycles. The maximum atomic E-state index is 12.6. The second-order valence-electron chi connectivity index (χ2n) is 6.37. The highest BCUT2D eigenvalue weighted by Crippen LogP contribution is 2.30. The maximum absolute atomic E-state index is 12.6. The molecule has 2 saturated heterocycles. The molecule has 2 N–H and O–H groups in total. The van der Waals surface area contributed by atoms with Crippen LogP contribution < -0.4 is 10.2 Å². The van der Waals surface area contributed by atoms with Crippen LogP contribution in [-0.4, -0.2) is 46.5 Å². The van der Waals surface area contributed by atoms with E-state index in [1.807, 2.05) is 0 Å². The van der Waals surface area contributed by atoms with Crippen molar-refractivity contribution in [2.45, 2.75) is 24.8 Å². The largest absolute Gasteiger partial charge is 0.480 e. The Morgan fingerprint density at radius 1 is 1.24 bits per heavy atom. The van der Waals surface area contributed by atoms with Crippen LogP contribution in [0, 0.1) is 5.92 Å². The molecule has 6 nitrogen and oxygen atoms in total. The summed E-state index contributed by atoms with van der Waals surface area (Å²) in [5, 5.41) is 12.9. The number of nitrogens with zero attached hydrogens (tertiary/aromatic N) is 1. The summed E-state index contributed by atoms with van der Waals surface area (Å²) in [6, 6.07) is 6.85. The zero-order chi connectivity index (χ0) is 18.0. The molecule has 2 aliphatic heterocycles. The zero-order valence-electron chi connectivity index (χ0n) is 13.5. The van der Waals surface area contributed by atoms with E-state index >= 15 is 0 Å². The van der Waals surface area contributed by atoms with Gasteiger partial charge in [-0.1, -0.05) is 11.6 Å². The SMILES string of the molecule is O=C(NC1(C(=O)O)CCSCC1)C1CC(=O)N(c2ccc(Cl)cc2)C1. The van der Waals surface area contributed by atoms with Gasteiger partial charge in [-0.15, -0.1) is 0 Å². The zero-order valence-corrected chi connectivity index (χ0v) is 15.1. The van der Waals surface area contributed by atoms with Gasteiger partial charge in [0.05, 0.1) is 5.92 Å². The third-order valence-corrected chi connectivity index (χ3v) is 5.99. The molecule has 0 radical (unpaired) electrons. The van der Waals surface area contributed by atoms with Crippen LogP contribution in [0.5, 0.6) is 0 Å². The Balaban J connectivity index is 1.70. The average Bonchev–Trinajstić information content (AvgIpc) is 2.98. The summed E-state index contributed by atoms with van der Waals surface area (Å²) in [6.45, 7) is 0.247. The van der Waals surface area contributed by atoms with Gasteiger partial charge in [-0.05, 0) is 48.6 Å². The first kappa shape index (κ1) is 18.1. The molecule has 1 unspecified atom stereocenters. The van der Waals surface area contributed by atoms with Crippen molar-refractivity contribution in [3.05, 3.63) is 29.3 Å². The Hall–Kier alpha value is -1.73. The van der Waals surface area contributed by atoms with Crippen LogP contribution in [0.4, 0.5) is 5.69 Å². The molecule has 0 spiro atoms. The number of halogens is 1. The molecule has 0 saturated carbocycles. The predicted molar refractivity (Wildman–Crippen MR) is 97.0 cm³/mol. The first-order chi connectivity index (χ1) is 11.9. The van der Waals surface area contributed by atoms with Crippen LogP contribution >= 0.6 is 23.4 Å². The van der Waals surface area contributed by atoms with Gasteiger partial charge >= 0.3 is 5.97 Å². The van der Waals surface area contributed by atoms with Gasteiger partial charge in [-0.2, -0.15) is 11.8 Å². The van der Waals surface area contributed by atoms with E-state index in [1.54, 1.807) is 40.9 Å². The predicted octanol–water partition coefficient (Wildman–Crippen LogP) is 2.16. The number of hydrogen-bond acceptors (Lipinski definition) is 4. The number of hydrogen-bond donors (Lipinski definition) is 2. The molecule has 1 aromatic rings. The van der Waals surface area contributed by atoms with E-state index in [0.29, 0.717) is 35.1 Å². The minimum absolute atomic E-state index is 0.0823. The van der Waals surface area contributed by atoms with Crippen molar-refractivity contribution in [3.8, 4) is 0 Å². The first-order valence-corrected chi connectivity index (χ1v) is 9.64. The van der Waals surface area contributed by atoms with Gasteiger partial charge in [-0.3, -0.25) is 9.59 Å². The van der Waals surface area contributed by atoms with Gasteiger partial charge < -0.3 is 15.3 Å². The molecule has 1 atom stereocenters. The number of anilines is 1. The second kappa shape index (κ2) is 7.25. The van der Waals surface area contributed by atoms with E-state index in [-0.39, 0.29) is 24.8 Å². The molecule has 2 aliphatic rings. The summed E-state index contributed by atoms with van der Waals surface area (Å²) in [6.07, 6.45) is 0.888. The Kier molecular flexibility index (Phi) is 5.24. The van der Waals surface area contributed by atoms with Crippen molar-refractivity contribution >= 4 is 46.8 Å². The number of rotatable bonds is 4. The fraction of sp³-hybridized carbons (Fsp3) is 0.471. The highest BCUT2D eigenvalue weighted by atomic mass is 35.5. The Bertz CT molecular complexity index is 688. The van der Waals surface area contributed by atoms with E-state index in [4.69, 9.17) is 11.6 Å². The minimum atomic E-state index is -1.21. The van der Waals surface area contributed by atoms with Gasteiger partial charge in [0.2, 0.25) is 11.8 Å². The number of benzene rings is 1. The van der Waals surface area contributed by atoms with Gasteiger partial charge in [-0.25, -0.2) is 4.79 Å². The molecule has 2 amide bonds. The van der Waals surface area contributed by atoms with E-state index in [1.165, 1.54) is 0 Å². The van der Waals surface area contributed by atoms with Gasteiger partial charge in [0.1, 0.15) is 5.54 Å². The van der Waals surface area contributed by atoms with Crippen molar-refractivity contribution in [1.82, 2.24) is 5.32 Å². The Morgan fingerprint density at radius 3 is 2.48 bits per heavy atom. The summed E-state index contributed by atoms with van der Waals surface area (Å²) in [4.78, 5) is 38.1. The van der Waals surface area contributed by atoms with Crippen LogP contribution in [0.25, 0.3) is 0 Å². The van der Waals surface area contributed by atoms with E-state index in [9.17, 15) is 19.5 Å². The molecule has 2 heterocycles. The number of carbonyl (C=O) groups excluding carboxylic acids is 2. The van der Waals surface area contributed by atoms with Crippen molar-refractivity contribution in [1.29, 1.82) is 0 Å². The highest BCUT2D eigenvalue weighted by Gasteiger charge is 2.44. The standard InChI is InChI=1S/C17H19ClN2O4S/c18-12-1-3-13(4-2-12)20-10-11(9-14(20)21)15(22)19-17(16(23)24)5-7-25-8-6-17/h1-4,11H,5-10H2,(H,19,22)(H,23,24). The van der Waals surface area contributed by atoms with Crippen LogP contribution in [-0.2, 0) is 14.4 Å². The molecule has 1 aromatic carbocycles. The first-order valence-electron chi connectivity index (χ1n) is 8.10.